The molecule has 0 spiro atoms. The molecule has 0 fully saturated rings. The summed E-state index contributed by atoms with van der Waals surface area (Å²) < 4.78 is 38.1. The largest absolute Gasteiger partial charge is 0.407 e. The number of nitrogens with one attached hydrogen (secondary N) is 1. The molecule has 1 nitrogen and oxygen atoms in total. The molecule has 15 heavy (non-hydrogen) atoms. The zero-order valence-corrected chi connectivity index (χ0v) is 8.68. The Morgan fingerprint density at radius 2 is 1.60 bits per heavy atom. The van der Waals surface area contributed by atoms with Crippen molar-refractivity contribution in [1.82, 2.24) is 5.32 Å². The van der Waals surface area contributed by atoms with E-state index < -0.39 is 12.2 Å². The number of benzene rings is 1. The van der Waals surface area contributed by atoms with Crippen molar-refractivity contribution in [2.24, 2.45) is 0 Å². The van der Waals surface area contributed by atoms with Crippen molar-refractivity contribution in [2.75, 3.05) is 0 Å². The molecule has 1 aromatic carbocycles. The van der Waals surface area contributed by atoms with Gasteiger partial charge in [0.15, 0.2) is 0 Å². The van der Waals surface area contributed by atoms with E-state index in [4.69, 9.17) is 0 Å². The third kappa shape index (κ3) is 3.55. The van der Waals surface area contributed by atoms with Crippen molar-refractivity contribution < 1.29 is 13.2 Å². The number of hydrogen-bond acceptors (Lipinski definition) is 1. The Hall–Kier alpha value is -1.03. The van der Waals surface area contributed by atoms with Gasteiger partial charge in [0, 0.05) is 6.04 Å². The van der Waals surface area contributed by atoms with Crippen LogP contribution in [0, 0.1) is 0 Å². The first kappa shape index (κ1) is 12.0. The Kier molecular flexibility index (Phi) is 3.74. The van der Waals surface area contributed by atoms with Gasteiger partial charge in [-0.3, -0.25) is 0 Å². The van der Waals surface area contributed by atoms with E-state index >= 15 is 0 Å². The Labute approximate surface area is 87.3 Å². The first-order valence-electron chi connectivity index (χ1n) is 4.79. The van der Waals surface area contributed by atoms with Gasteiger partial charge in [0.2, 0.25) is 0 Å². The maximum atomic E-state index is 12.7. The maximum absolute atomic E-state index is 12.7. The van der Waals surface area contributed by atoms with E-state index in [0.29, 0.717) is 0 Å². The van der Waals surface area contributed by atoms with Gasteiger partial charge in [-0.2, -0.15) is 13.2 Å². The first-order valence-corrected chi connectivity index (χ1v) is 4.79. The monoisotopic (exact) mass is 217 g/mol. The van der Waals surface area contributed by atoms with E-state index in [9.17, 15) is 13.2 Å². The summed E-state index contributed by atoms with van der Waals surface area (Å²) in [5.41, 5.74) is 0.249. The fourth-order valence-electron chi connectivity index (χ4n) is 1.36. The summed E-state index contributed by atoms with van der Waals surface area (Å²) >= 11 is 0. The smallest absolute Gasteiger partial charge is 0.300 e. The van der Waals surface area contributed by atoms with Gasteiger partial charge in [0.1, 0.15) is 6.04 Å². The topological polar surface area (TPSA) is 12.0 Å². The molecule has 1 aromatic rings. The van der Waals surface area contributed by atoms with E-state index in [-0.39, 0.29) is 11.6 Å². The molecule has 0 aliphatic heterocycles. The standard InChI is InChI=1S/C11H14F3N/c1-8(2)15-10(11(12,13)14)9-6-4-3-5-7-9/h3-8,10,15H,1-2H3. The highest BCUT2D eigenvalue weighted by molar-refractivity contribution is 5.20. The number of rotatable bonds is 3. The van der Waals surface area contributed by atoms with Crippen LogP contribution >= 0.6 is 0 Å². The molecule has 1 atom stereocenters. The molecule has 1 unspecified atom stereocenters. The van der Waals surface area contributed by atoms with Gasteiger partial charge in [0.25, 0.3) is 0 Å². The van der Waals surface area contributed by atoms with Crippen LogP contribution in [-0.2, 0) is 0 Å². The minimum atomic E-state index is -4.26. The zero-order valence-electron chi connectivity index (χ0n) is 8.68. The molecule has 1 N–H and O–H groups in total. The van der Waals surface area contributed by atoms with Crippen molar-refractivity contribution in [3.63, 3.8) is 0 Å². The van der Waals surface area contributed by atoms with E-state index in [0.717, 1.165) is 0 Å². The second-order valence-corrected chi connectivity index (χ2v) is 3.71. The summed E-state index contributed by atoms with van der Waals surface area (Å²) in [7, 11) is 0. The molecule has 0 saturated carbocycles. The van der Waals surface area contributed by atoms with Crippen LogP contribution in [0.2, 0.25) is 0 Å². The van der Waals surface area contributed by atoms with Gasteiger partial charge in [-0.15, -0.1) is 0 Å². The molecule has 4 heteroatoms. The SMILES string of the molecule is CC(C)NC(c1ccccc1)C(F)(F)F. The van der Waals surface area contributed by atoms with Crippen LogP contribution in [-0.4, -0.2) is 12.2 Å². The Balaban J connectivity index is 2.92. The van der Waals surface area contributed by atoms with Gasteiger partial charge < -0.3 is 5.32 Å². The molecule has 0 aliphatic carbocycles. The van der Waals surface area contributed by atoms with E-state index in [1.807, 2.05) is 0 Å². The molecule has 0 heterocycles. The predicted molar refractivity (Wildman–Crippen MR) is 53.5 cm³/mol. The fourth-order valence-corrected chi connectivity index (χ4v) is 1.36. The fraction of sp³-hybridized carbons (Fsp3) is 0.455. The third-order valence-electron chi connectivity index (χ3n) is 1.96. The molecule has 84 valence electrons. The summed E-state index contributed by atoms with van der Waals surface area (Å²) in [4.78, 5) is 0. The van der Waals surface area contributed by atoms with Crippen LogP contribution in [0.5, 0.6) is 0 Å². The predicted octanol–water partition coefficient (Wildman–Crippen LogP) is 3.29. The molecule has 0 radical (unpaired) electrons. The Morgan fingerprint density at radius 3 is 2.00 bits per heavy atom. The average Bonchev–Trinajstić information content (AvgIpc) is 2.14. The van der Waals surface area contributed by atoms with Crippen LogP contribution in [0.15, 0.2) is 30.3 Å². The third-order valence-corrected chi connectivity index (χ3v) is 1.96. The lowest BCUT2D eigenvalue weighted by molar-refractivity contribution is -0.159. The normalized spacial score (nSPS) is 14.3. The van der Waals surface area contributed by atoms with Gasteiger partial charge in [-0.1, -0.05) is 44.2 Å². The number of alkyl halides is 3. The van der Waals surface area contributed by atoms with Crippen LogP contribution < -0.4 is 5.32 Å². The van der Waals surface area contributed by atoms with Gasteiger partial charge in [0.05, 0.1) is 0 Å². The van der Waals surface area contributed by atoms with Crippen LogP contribution in [0.25, 0.3) is 0 Å². The van der Waals surface area contributed by atoms with Crippen molar-refractivity contribution in [1.29, 1.82) is 0 Å². The summed E-state index contributed by atoms with van der Waals surface area (Å²) in [6.45, 7) is 3.39. The molecule has 1 rings (SSSR count). The highest BCUT2D eigenvalue weighted by Gasteiger charge is 2.40. The average molecular weight is 217 g/mol. The Bertz CT molecular complexity index is 292. The van der Waals surface area contributed by atoms with E-state index in [2.05, 4.69) is 5.32 Å². The van der Waals surface area contributed by atoms with Crippen LogP contribution in [0.3, 0.4) is 0 Å². The quantitative estimate of drug-likeness (QED) is 0.819. The van der Waals surface area contributed by atoms with Crippen LogP contribution in [0.1, 0.15) is 25.5 Å². The summed E-state index contributed by atoms with van der Waals surface area (Å²) in [6, 6.07) is 6.08. The first-order chi connectivity index (χ1) is 6.91. The molecule has 0 saturated heterocycles. The minimum absolute atomic E-state index is 0.211. The minimum Gasteiger partial charge on any atom is -0.300 e. The summed E-state index contributed by atoms with van der Waals surface area (Å²) in [5.74, 6) is 0. The summed E-state index contributed by atoms with van der Waals surface area (Å²) in [5, 5.41) is 2.51. The highest BCUT2D eigenvalue weighted by Crippen LogP contribution is 2.32. The van der Waals surface area contributed by atoms with Gasteiger partial charge in [-0.05, 0) is 5.56 Å². The molecule has 0 aromatic heterocycles. The van der Waals surface area contributed by atoms with Crippen molar-refractivity contribution in [3.8, 4) is 0 Å². The molecule has 0 aliphatic rings. The lowest BCUT2D eigenvalue weighted by Crippen LogP contribution is -2.38. The second-order valence-electron chi connectivity index (χ2n) is 3.71. The lowest BCUT2D eigenvalue weighted by Gasteiger charge is -2.24. The second kappa shape index (κ2) is 4.66. The maximum Gasteiger partial charge on any atom is 0.407 e. The lowest BCUT2D eigenvalue weighted by atomic mass is 10.1. The zero-order chi connectivity index (χ0) is 11.5. The molecule has 0 bridgehead atoms. The number of halogens is 3. The van der Waals surface area contributed by atoms with Crippen molar-refractivity contribution in [3.05, 3.63) is 35.9 Å². The van der Waals surface area contributed by atoms with Crippen molar-refractivity contribution in [2.45, 2.75) is 32.1 Å². The molecular weight excluding hydrogens is 203 g/mol. The van der Waals surface area contributed by atoms with E-state index in [1.165, 1.54) is 12.1 Å². The van der Waals surface area contributed by atoms with Crippen LogP contribution in [0.4, 0.5) is 13.2 Å². The Morgan fingerprint density at radius 1 is 1.07 bits per heavy atom. The number of hydrogen-bond donors (Lipinski definition) is 1. The van der Waals surface area contributed by atoms with E-state index in [1.54, 1.807) is 32.0 Å². The molecule has 0 amide bonds. The summed E-state index contributed by atoms with van der Waals surface area (Å²) in [6.07, 6.45) is -4.26. The van der Waals surface area contributed by atoms with Crippen molar-refractivity contribution >= 4 is 0 Å². The van der Waals surface area contributed by atoms with Gasteiger partial charge in [-0.25, -0.2) is 0 Å². The van der Waals surface area contributed by atoms with Gasteiger partial charge >= 0.3 is 6.18 Å². The molecular formula is C11H14F3N. The highest BCUT2D eigenvalue weighted by atomic mass is 19.4.